The Labute approximate surface area is 165 Å². The summed E-state index contributed by atoms with van der Waals surface area (Å²) in [5, 5.41) is 10.2. The molecular formula is C19H30N6O3. The van der Waals surface area contributed by atoms with Crippen molar-refractivity contribution < 1.29 is 14.4 Å². The Balaban J connectivity index is 1.75. The number of hydrogen-bond acceptors (Lipinski definition) is 5. The van der Waals surface area contributed by atoms with Crippen LogP contribution in [0.4, 0.5) is 0 Å². The number of carbonyl (C=O) groups excluding carboxylic acids is 3. The van der Waals surface area contributed by atoms with Crippen LogP contribution in [0.1, 0.15) is 53.6 Å². The first-order valence-corrected chi connectivity index (χ1v) is 9.82. The van der Waals surface area contributed by atoms with E-state index in [2.05, 4.69) is 15.7 Å². The van der Waals surface area contributed by atoms with Gasteiger partial charge in [0.15, 0.2) is 5.69 Å². The van der Waals surface area contributed by atoms with Crippen molar-refractivity contribution in [3.8, 4) is 0 Å². The molecule has 1 aromatic heterocycles. The standard InChI is InChI=1S/C19H30N6O3/c1-19(18(28)21-13-7-5-6-8-13)12-25-15(17(27)24(19)4)11-14(22-25)16(26)20-9-10-23(2)3/h11,13H,5-10,12H2,1-4H3,(H,20,26)(H,21,28). The van der Waals surface area contributed by atoms with Crippen LogP contribution in [0, 0.1) is 0 Å². The zero-order valence-corrected chi connectivity index (χ0v) is 17.1. The number of carbonyl (C=O) groups is 3. The second-order valence-electron chi connectivity index (χ2n) is 8.22. The lowest BCUT2D eigenvalue weighted by molar-refractivity contribution is -0.133. The molecule has 1 aliphatic heterocycles. The molecule has 1 fully saturated rings. The summed E-state index contributed by atoms with van der Waals surface area (Å²) in [7, 11) is 5.48. The van der Waals surface area contributed by atoms with Gasteiger partial charge >= 0.3 is 0 Å². The van der Waals surface area contributed by atoms with E-state index in [1.54, 1.807) is 14.0 Å². The van der Waals surface area contributed by atoms with Gasteiger partial charge in [0.2, 0.25) is 5.91 Å². The molecule has 0 saturated heterocycles. The molecular weight excluding hydrogens is 360 g/mol. The number of nitrogens with one attached hydrogen (secondary N) is 2. The molecule has 1 atom stereocenters. The highest BCUT2D eigenvalue weighted by Gasteiger charge is 2.46. The maximum atomic E-state index is 13.0. The lowest BCUT2D eigenvalue weighted by atomic mass is 9.95. The highest BCUT2D eigenvalue weighted by molar-refractivity contribution is 6.01. The second-order valence-corrected chi connectivity index (χ2v) is 8.22. The fourth-order valence-electron chi connectivity index (χ4n) is 3.73. The SMILES string of the molecule is CN(C)CCNC(=O)c1cc2n(n1)CC(C)(C(=O)NC1CCCC1)N(C)C2=O. The molecule has 2 N–H and O–H groups in total. The highest BCUT2D eigenvalue weighted by Crippen LogP contribution is 2.27. The van der Waals surface area contributed by atoms with Crippen molar-refractivity contribution in [3.63, 3.8) is 0 Å². The molecule has 0 bridgehead atoms. The van der Waals surface area contributed by atoms with Crippen molar-refractivity contribution in [2.24, 2.45) is 0 Å². The molecule has 2 aliphatic rings. The molecule has 1 saturated carbocycles. The van der Waals surface area contributed by atoms with Crippen LogP contribution >= 0.6 is 0 Å². The minimum Gasteiger partial charge on any atom is -0.351 e. The first-order valence-electron chi connectivity index (χ1n) is 9.82. The van der Waals surface area contributed by atoms with Crippen molar-refractivity contribution in [3.05, 3.63) is 17.5 Å². The Morgan fingerprint density at radius 3 is 2.64 bits per heavy atom. The molecule has 28 heavy (non-hydrogen) atoms. The molecule has 154 valence electrons. The predicted octanol–water partition coefficient (Wildman–Crippen LogP) is 0.0776. The first-order chi connectivity index (χ1) is 13.2. The molecule has 0 spiro atoms. The Kier molecular flexibility index (Phi) is 5.74. The number of fused-ring (bicyclic) bond motifs is 1. The third-order valence-corrected chi connectivity index (χ3v) is 5.76. The molecule has 1 aliphatic carbocycles. The van der Waals surface area contributed by atoms with Gasteiger partial charge in [0.25, 0.3) is 11.8 Å². The first kappa shape index (κ1) is 20.3. The third kappa shape index (κ3) is 3.89. The summed E-state index contributed by atoms with van der Waals surface area (Å²) < 4.78 is 1.48. The molecule has 3 amide bonds. The van der Waals surface area contributed by atoms with E-state index in [9.17, 15) is 14.4 Å². The van der Waals surface area contributed by atoms with E-state index >= 15 is 0 Å². The number of likely N-dealkylation sites (N-methyl/N-ethyl adjacent to an activating group) is 2. The highest BCUT2D eigenvalue weighted by atomic mass is 16.2. The lowest BCUT2D eigenvalue weighted by Gasteiger charge is -2.41. The molecule has 9 heteroatoms. The molecule has 1 unspecified atom stereocenters. The minimum absolute atomic E-state index is 0.171. The molecule has 3 rings (SSSR count). The Morgan fingerprint density at radius 1 is 1.32 bits per heavy atom. The minimum atomic E-state index is -1.04. The summed E-state index contributed by atoms with van der Waals surface area (Å²) in [4.78, 5) is 41.6. The van der Waals surface area contributed by atoms with Gasteiger partial charge in [-0.25, -0.2) is 0 Å². The number of amides is 3. The quantitative estimate of drug-likeness (QED) is 0.717. The van der Waals surface area contributed by atoms with Crippen molar-refractivity contribution >= 4 is 17.7 Å². The molecule has 2 heterocycles. The van der Waals surface area contributed by atoms with Crippen LogP contribution in [-0.4, -0.2) is 83.1 Å². The molecule has 1 aromatic rings. The van der Waals surface area contributed by atoms with Gasteiger partial charge < -0.3 is 20.4 Å². The number of aromatic nitrogens is 2. The van der Waals surface area contributed by atoms with E-state index in [1.807, 2.05) is 19.0 Å². The van der Waals surface area contributed by atoms with Crippen LogP contribution in [0.2, 0.25) is 0 Å². The van der Waals surface area contributed by atoms with Crippen LogP contribution in [0.5, 0.6) is 0 Å². The summed E-state index contributed by atoms with van der Waals surface area (Å²) in [5.41, 5.74) is -0.528. The number of rotatable bonds is 6. The van der Waals surface area contributed by atoms with E-state index in [1.165, 1.54) is 15.6 Å². The predicted molar refractivity (Wildman–Crippen MR) is 104 cm³/mol. The fourth-order valence-corrected chi connectivity index (χ4v) is 3.73. The van der Waals surface area contributed by atoms with E-state index in [0.29, 0.717) is 18.8 Å². The Hall–Kier alpha value is -2.42. The van der Waals surface area contributed by atoms with Gasteiger partial charge in [0.1, 0.15) is 11.2 Å². The van der Waals surface area contributed by atoms with Gasteiger partial charge in [-0.1, -0.05) is 12.8 Å². The topological polar surface area (TPSA) is 99.6 Å². The maximum absolute atomic E-state index is 13.0. The van der Waals surface area contributed by atoms with Crippen LogP contribution < -0.4 is 10.6 Å². The van der Waals surface area contributed by atoms with Crippen molar-refractivity contribution in [2.75, 3.05) is 34.2 Å². The lowest BCUT2D eigenvalue weighted by Crippen LogP contribution is -2.63. The van der Waals surface area contributed by atoms with Crippen LogP contribution in [0.15, 0.2) is 6.07 Å². The largest absolute Gasteiger partial charge is 0.351 e. The van der Waals surface area contributed by atoms with Crippen LogP contribution in [0.25, 0.3) is 0 Å². The molecule has 0 aromatic carbocycles. The van der Waals surface area contributed by atoms with Gasteiger partial charge in [-0.05, 0) is 33.9 Å². The van der Waals surface area contributed by atoms with Gasteiger partial charge in [0, 0.05) is 32.2 Å². The van der Waals surface area contributed by atoms with E-state index < -0.39 is 5.54 Å². The number of hydrogen-bond donors (Lipinski definition) is 2. The molecule has 9 nitrogen and oxygen atoms in total. The molecule has 0 radical (unpaired) electrons. The summed E-state index contributed by atoms with van der Waals surface area (Å²) in [6, 6.07) is 1.67. The summed E-state index contributed by atoms with van der Waals surface area (Å²) in [6.45, 7) is 3.16. The van der Waals surface area contributed by atoms with Crippen LogP contribution in [-0.2, 0) is 11.3 Å². The smallest absolute Gasteiger partial charge is 0.272 e. The summed E-state index contributed by atoms with van der Waals surface area (Å²) in [5.74, 6) is -0.806. The van der Waals surface area contributed by atoms with Crippen LogP contribution in [0.3, 0.4) is 0 Å². The summed E-state index contributed by atoms with van der Waals surface area (Å²) in [6.07, 6.45) is 4.19. The Morgan fingerprint density at radius 2 is 2.00 bits per heavy atom. The number of nitrogens with zero attached hydrogens (tertiary/aromatic N) is 4. The van der Waals surface area contributed by atoms with Crippen molar-refractivity contribution in [2.45, 2.75) is 50.7 Å². The fraction of sp³-hybridized carbons (Fsp3) is 0.684. The van der Waals surface area contributed by atoms with E-state index in [4.69, 9.17) is 0 Å². The van der Waals surface area contributed by atoms with Crippen molar-refractivity contribution in [1.82, 2.24) is 30.2 Å². The zero-order valence-electron chi connectivity index (χ0n) is 17.1. The van der Waals surface area contributed by atoms with E-state index in [0.717, 1.165) is 25.7 Å². The average Bonchev–Trinajstić information content (AvgIpc) is 3.29. The third-order valence-electron chi connectivity index (χ3n) is 5.76. The van der Waals surface area contributed by atoms with Crippen molar-refractivity contribution in [1.29, 1.82) is 0 Å². The van der Waals surface area contributed by atoms with Gasteiger partial charge in [-0.2, -0.15) is 5.10 Å². The van der Waals surface area contributed by atoms with Gasteiger partial charge in [0.05, 0.1) is 6.54 Å². The normalized spacial score (nSPS) is 22.5. The van der Waals surface area contributed by atoms with Gasteiger partial charge in [-0.15, -0.1) is 0 Å². The second kappa shape index (κ2) is 7.90. The monoisotopic (exact) mass is 390 g/mol. The maximum Gasteiger partial charge on any atom is 0.272 e. The average molecular weight is 390 g/mol. The van der Waals surface area contributed by atoms with Gasteiger partial charge in [-0.3, -0.25) is 19.1 Å². The summed E-state index contributed by atoms with van der Waals surface area (Å²) >= 11 is 0. The Bertz CT molecular complexity index is 768. The zero-order chi connectivity index (χ0) is 20.5. The van der Waals surface area contributed by atoms with E-state index in [-0.39, 0.29) is 36.0 Å².